The lowest BCUT2D eigenvalue weighted by molar-refractivity contribution is -0.123. The highest BCUT2D eigenvalue weighted by Gasteiger charge is 2.27. The Kier molecular flexibility index (Phi) is 6.18. The fraction of sp³-hybridized carbons (Fsp3) is 0.588. The van der Waals surface area contributed by atoms with E-state index in [2.05, 4.69) is 5.32 Å². The molecule has 1 unspecified atom stereocenters. The van der Waals surface area contributed by atoms with E-state index in [1.54, 1.807) is 12.1 Å². The first-order valence-electron chi connectivity index (χ1n) is 7.83. The molecule has 3 nitrogen and oxygen atoms in total. The molecule has 1 fully saturated rings. The Balaban J connectivity index is 2.01. The number of nitrogens with one attached hydrogen (secondary N) is 1. The molecule has 1 N–H and O–H groups in total. The molecule has 1 amide bonds. The van der Waals surface area contributed by atoms with E-state index in [1.807, 2.05) is 6.92 Å². The maximum Gasteiger partial charge on any atom is 0.222 e. The number of benzene rings is 1. The van der Waals surface area contributed by atoms with Gasteiger partial charge in [-0.1, -0.05) is 25.0 Å². The topological polar surface area (TPSA) is 38.3 Å². The average molecular weight is 293 g/mol. The van der Waals surface area contributed by atoms with Gasteiger partial charge in [-0.2, -0.15) is 0 Å². The minimum absolute atomic E-state index is 0.00433. The molecular weight excluding hydrogens is 269 g/mol. The van der Waals surface area contributed by atoms with Gasteiger partial charge in [0.15, 0.2) is 0 Å². The summed E-state index contributed by atoms with van der Waals surface area (Å²) in [5.41, 5.74) is 0.994. The van der Waals surface area contributed by atoms with E-state index >= 15 is 0 Å². The van der Waals surface area contributed by atoms with E-state index in [4.69, 9.17) is 4.74 Å². The van der Waals surface area contributed by atoms with E-state index in [-0.39, 0.29) is 17.8 Å². The minimum Gasteiger partial charge on any atom is -0.381 e. The predicted molar refractivity (Wildman–Crippen MR) is 80.4 cm³/mol. The van der Waals surface area contributed by atoms with Gasteiger partial charge in [0.25, 0.3) is 0 Å². The van der Waals surface area contributed by atoms with Gasteiger partial charge in [0.2, 0.25) is 5.91 Å². The van der Waals surface area contributed by atoms with Gasteiger partial charge in [-0.15, -0.1) is 0 Å². The number of carbonyl (C=O) groups excluding carboxylic acids is 1. The van der Waals surface area contributed by atoms with Crippen LogP contribution in [0.15, 0.2) is 24.3 Å². The second-order valence-electron chi connectivity index (χ2n) is 5.59. The Morgan fingerprint density at radius 3 is 2.62 bits per heavy atom. The van der Waals surface area contributed by atoms with Gasteiger partial charge in [0.05, 0.1) is 12.6 Å². The summed E-state index contributed by atoms with van der Waals surface area (Å²) < 4.78 is 18.3. The number of amides is 1. The van der Waals surface area contributed by atoms with Crippen molar-refractivity contribution >= 4 is 5.91 Å². The molecule has 0 heterocycles. The third-order valence-corrected chi connectivity index (χ3v) is 4.09. The lowest BCUT2D eigenvalue weighted by Gasteiger charge is -2.25. The van der Waals surface area contributed by atoms with Crippen LogP contribution in [-0.2, 0) is 9.53 Å². The molecule has 1 aliphatic carbocycles. The lowest BCUT2D eigenvalue weighted by atomic mass is 9.91. The van der Waals surface area contributed by atoms with Gasteiger partial charge >= 0.3 is 0 Å². The quantitative estimate of drug-likeness (QED) is 0.780. The van der Waals surface area contributed by atoms with Crippen LogP contribution in [0.25, 0.3) is 0 Å². The number of halogens is 1. The number of hydrogen-bond acceptors (Lipinski definition) is 2. The molecule has 2 rings (SSSR count). The van der Waals surface area contributed by atoms with Crippen LogP contribution >= 0.6 is 0 Å². The van der Waals surface area contributed by atoms with E-state index in [0.717, 1.165) is 18.4 Å². The zero-order valence-corrected chi connectivity index (χ0v) is 12.6. The van der Waals surface area contributed by atoms with Crippen molar-refractivity contribution in [2.24, 2.45) is 5.92 Å². The average Bonchev–Trinajstić information content (AvgIpc) is 3.00. The van der Waals surface area contributed by atoms with Crippen molar-refractivity contribution in [3.05, 3.63) is 35.6 Å². The summed E-state index contributed by atoms with van der Waals surface area (Å²) in [6, 6.07) is 6.47. The zero-order chi connectivity index (χ0) is 15.1. The highest BCUT2D eigenvalue weighted by molar-refractivity contribution is 5.76. The first-order chi connectivity index (χ1) is 10.2. The van der Waals surface area contributed by atoms with E-state index < -0.39 is 0 Å². The van der Waals surface area contributed by atoms with Crippen LogP contribution in [-0.4, -0.2) is 19.1 Å². The number of ether oxygens (including phenoxy) is 1. The summed E-state index contributed by atoms with van der Waals surface area (Å²) >= 11 is 0. The van der Waals surface area contributed by atoms with Crippen LogP contribution < -0.4 is 5.32 Å². The van der Waals surface area contributed by atoms with Gasteiger partial charge < -0.3 is 10.1 Å². The van der Waals surface area contributed by atoms with Crippen LogP contribution in [0, 0.1) is 11.7 Å². The van der Waals surface area contributed by atoms with Crippen LogP contribution in [0.4, 0.5) is 4.39 Å². The van der Waals surface area contributed by atoms with Crippen LogP contribution in [0.2, 0.25) is 0 Å². The molecule has 0 aliphatic heterocycles. The molecule has 1 aromatic carbocycles. The Morgan fingerprint density at radius 2 is 2.00 bits per heavy atom. The molecule has 0 bridgehead atoms. The van der Waals surface area contributed by atoms with Crippen molar-refractivity contribution in [3.63, 3.8) is 0 Å². The molecule has 1 aliphatic rings. The van der Waals surface area contributed by atoms with Crippen molar-refractivity contribution in [1.29, 1.82) is 0 Å². The molecule has 0 spiro atoms. The third kappa shape index (κ3) is 4.81. The zero-order valence-electron chi connectivity index (χ0n) is 12.6. The normalized spacial score (nSPS) is 16.9. The summed E-state index contributed by atoms with van der Waals surface area (Å²) in [6.07, 6.45) is 5.02. The van der Waals surface area contributed by atoms with Crippen molar-refractivity contribution in [1.82, 2.24) is 5.32 Å². The second kappa shape index (κ2) is 8.13. The molecule has 116 valence electrons. The maximum absolute atomic E-state index is 13.1. The fourth-order valence-corrected chi connectivity index (χ4v) is 2.99. The van der Waals surface area contributed by atoms with Crippen LogP contribution in [0.5, 0.6) is 0 Å². The standard InChI is InChI=1S/C17H24FNO2/c1-2-21-12-11-16(20)19-17(13-5-3-4-6-13)14-7-9-15(18)10-8-14/h7-10,13,17H,2-6,11-12H2,1H3,(H,19,20). The Bertz CT molecular complexity index is 441. The van der Waals surface area contributed by atoms with Gasteiger partial charge in [-0.25, -0.2) is 4.39 Å². The summed E-state index contributed by atoms with van der Waals surface area (Å²) in [6.45, 7) is 2.98. The molecule has 0 aromatic heterocycles. The monoisotopic (exact) mass is 293 g/mol. The lowest BCUT2D eigenvalue weighted by Crippen LogP contribution is -2.33. The third-order valence-electron chi connectivity index (χ3n) is 4.09. The SMILES string of the molecule is CCOCCC(=O)NC(c1ccc(F)cc1)C1CCCC1. The number of carbonyl (C=O) groups is 1. The Labute approximate surface area is 125 Å². The van der Waals surface area contributed by atoms with Gasteiger partial charge in [0.1, 0.15) is 5.82 Å². The minimum atomic E-state index is -0.244. The molecule has 4 heteroatoms. The van der Waals surface area contributed by atoms with Crippen molar-refractivity contribution in [3.8, 4) is 0 Å². The number of rotatable bonds is 7. The smallest absolute Gasteiger partial charge is 0.222 e. The summed E-state index contributed by atoms with van der Waals surface area (Å²) in [7, 11) is 0. The maximum atomic E-state index is 13.1. The van der Waals surface area contributed by atoms with Gasteiger partial charge in [-0.3, -0.25) is 4.79 Å². The van der Waals surface area contributed by atoms with Crippen molar-refractivity contribution in [2.75, 3.05) is 13.2 Å². The molecule has 1 aromatic rings. The first-order valence-corrected chi connectivity index (χ1v) is 7.83. The summed E-state index contributed by atoms with van der Waals surface area (Å²) in [5, 5.41) is 3.11. The molecule has 0 radical (unpaired) electrons. The molecule has 1 saturated carbocycles. The molecule has 21 heavy (non-hydrogen) atoms. The first kappa shape index (κ1) is 16.0. The fourth-order valence-electron chi connectivity index (χ4n) is 2.99. The molecular formula is C17H24FNO2. The Morgan fingerprint density at radius 1 is 1.33 bits per heavy atom. The van der Waals surface area contributed by atoms with Gasteiger partial charge in [-0.05, 0) is 43.4 Å². The van der Waals surface area contributed by atoms with Crippen LogP contribution in [0.3, 0.4) is 0 Å². The van der Waals surface area contributed by atoms with E-state index in [9.17, 15) is 9.18 Å². The highest BCUT2D eigenvalue weighted by atomic mass is 19.1. The van der Waals surface area contributed by atoms with Crippen molar-refractivity contribution < 1.29 is 13.9 Å². The largest absolute Gasteiger partial charge is 0.381 e. The molecule has 1 atom stereocenters. The van der Waals surface area contributed by atoms with Gasteiger partial charge in [0, 0.05) is 13.0 Å². The van der Waals surface area contributed by atoms with E-state index in [0.29, 0.717) is 25.6 Å². The number of hydrogen-bond donors (Lipinski definition) is 1. The highest BCUT2D eigenvalue weighted by Crippen LogP contribution is 2.35. The molecule has 0 saturated heterocycles. The van der Waals surface area contributed by atoms with Crippen LogP contribution in [0.1, 0.15) is 50.6 Å². The summed E-state index contributed by atoms with van der Waals surface area (Å²) in [5.74, 6) is 0.211. The predicted octanol–water partition coefficient (Wildman–Crippen LogP) is 3.60. The second-order valence-corrected chi connectivity index (χ2v) is 5.59. The van der Waals surface area contributed by atoms with Crippen molar-refractivity contribution in [2.45, 2.75) is 45.1 Å². The summed E-state index contributed by atoms with van der Waals surface area (Å²) in [4.78, 5) is 12.1. The van der Waals surface area contributed by atoms with E-state index in [1.165, 1.54) is 25.0 Å². The Hall–Kier alpha value is -1.42.